The first-order valence-corrected chi connectivity index (χ1v) is 12.6. The number of ether oxygens (including phenoxy) is 1. The van der Waals surface area contributed by atoms with Crippen molar-refractivity contribution in [3.63, 3.8) is 0 Å². The summed E-state index contributed by atoms with van der Waals surface area (Å²) in [6.07, 6.45) is 3.40. The molecule has 2 rings (SSSR count). The Hall–Kier alpha value is -4.27. The van der Waals surface area contributed by atoms with Crippen molar-refractivity contribution in [2.24, 2.45) is 22.2 Å². The average molecular weight is 549 g/mol. The van der Waals surface area contributed by atoms with E-state index in [2.05, 4.69) is 15.6 Å². The van der Waals surface area contributed by atoms with E-state index in [4.69, 9.17) is 21.9 Å². The number of nitrogens with two attached hydrogens (primary N) is 3. The van der Waals surface area contributed by atoms with E-state index in [1.165, 1.54) is 29.2 Å². The lowest BCUT2D eigenvalue weighted by atomic mass is 9.84. The molecule has 1 aromatic rings. The number of guanidine groups is 1. The summed E-state index contributed by atoms with van der Waals surface area (Å²) in [5.74, 6) is -3.31. The van der Waals surface area contributed by atoms with E-state index in [-0.39, 0.29) is 43.3 Å². The van der Waals surface area contributed by atoms with Gasteiger partial charge in [-0.25, -0.2) is 4.79 Å². The van der Waals surface area contributed by atoms with E-state index in [9.17, 15) is 29.3 Å². The van der Waals surface area contributed by atoms with Gasteiger partial charge in [0.1, 0.15) is 0 Å². The lowest BCUT2D eigenvalue weighted by molar-refractivity contribution is -0.384. The molecule has 0 radical (unpaired) electrons. The lowest BCUT2D eigenvalue weighted by Crippen LogP contribution is -2.68. The third kappa shape index (κ3) is 8.10. The molecule has 0 aliphatic heterocycles. The number of hydrogen-bond acceptors (Lipinski definition) is 9. The molecule has 1 atom stereocenters. The maximum atomic E-state index is 14.0. The number of amides is 3. The third-order valence-electron chi connectivity index (χ3n) is 6.47. The zero-order valence-corrected chi connectivity index (χ0v) is 21.9. The number of aliphatic imine (C=N–C) groups is 1. The summed E-state index contributed by atoms with van der Waals surface area (Å²) >= 11 is 0. The minimum atomic E-state index is -2.16. The van der Waals surface area contributed by atoms with Crippen LogP contribution in [0, 0.1) is 10.1 Å². The van der Waals surface area contributed by atoms with Gasteiger partial charge in [-0.15, -0.1) is 0 Å². The topological polar surface area (TPSA) is 238 Å². The number of nitro groups is 1. The number of anilines is 1. The molecular weight excluding hydrogens is 512 g/mol. The highest BCUT2D eigenvalue weighted by atomic mass is 16.6. The van der Waals surface area contributed by atoms with Crippen LogP contribution in [0.1, 0.15) is 44.9 Å². The Bertz CT molecular complexity index is 1070. The van der Waals surface area contributed by atoms with E-state index < -0.39 is 46.7 Å². The Morgan fingerprint density at radius 3 is 2.33 bits per heavy atom. The van der Waals surface area contributed by atoms with Crippen molar-refractivity contribution in [2.75, 3.05) is 32.1 Å². The van der Waals surface area contributed by atoms with Crippen molar-refractivity contribution in [3.8, 4) is 0 Å². The fraction of sp³-hybridized carbons (Fsp3) is 0.542. The van der Waals surface area contributed by atoms with Crippen LogP contribution in [0.15, 0.2) is 29.3 Å². The number of hydrogen-bond donors (Lipinski definition) is 5. The van der Waals surface area contributed by atoms with Crippen molar-refractivity contribution >= 4 is 41.0 Å². The van der Waals surface area contributed by atoms with Gasteiger partial charge >= 0.3 is 5.97 Å². The molecule has 1 aliphatic rings. The largest absolute Gasteiger partial charge is 0.467 e. The maximum absolute atomic E-state index is 14.0. The highest BCUT2D eigenvalue weighted by Gasteiger charge is 2.55. The number of carbonyl (C=O) groups is 4. The molecule has 0 spiro atoms. The van der Waals surface area contributed by atoms with Gasteiger partial charge in [0.15, 0.2) is 5.96 Å². The lowest BCUT2D eigenvalue weighted by Gasteiger charge is -2.46. The monoisotopic (exact) mass is 548 g/mol. The van der Waals surface area contributed by atoms with Crippen LogP contribution in [-0.2, 0) is 23.9 Å². The number of carbonyl (C=O) groups excluding carboxylic acids is 4. The van der Waals surface area contributed by atoms with Gasteiger partial charge < -0.3 is 37.5 Å². The van der Waals surface area contributed by atoms with Crippen molar-refractivity contribution in [3.05, 3.63) is 34.4 Å². The summed E-state index contributed by atoms with van der Waals surface area (Å²) in [6, 6.07) is 4.50. The zero-order chi connectivity index (χ0) is 29.0. The molecule has 0 bridgehead atoms. The Morgan fingerprint density at radius 2 is 1.79 bits per heavy atom. The van der Waals surface area contributed by atoms with E-state index in [1.807, 2.05) is 0 Å². The van der Waals surface area contributed by atoms with E-state index in [1.54, 1.807) is 0 Å². The molecule has 15 heteroatoms. The van der Waals surface area contributed by atoms with Crippen LogP contribution in [0.4, 0.5) is 11.4 Å². The molecule has 0 saturated heterocycles. The summed E-state index contributed by atoms with van der Waals surface area (Å²) in [4.78, 5) is 68.7. The Balaban J connectivity index is 2.60. The second kappa shape index (κ2) is 14.6. The SMILES string of the molecule is COC(=O)[C@](CCCN=C(N)N)(C(=O)Nc1ccc([N+](=O)[O-])cc1)N(C(=O)CNC(=O)CN)C1CCCCC1. The van der Waals surface area contributed by atoms with Crippen molar-refractivity contribution in [1.82, 2.24) is 10.2 Å². The Kier molecular flexibility index (Phi) is 11.6. The Labute approximate surface area is 225 Å². The quantitative estimate of drug-likeness (QED) is 0.0411. The number of rotatable bonds is 13. The van der Waals surface area contributed by atoms with E-state index >= 15 is 0 Å². The van der Waals surface area contributed by atoms with Gasteiger partial charge in [-0.3, -0.25) is 29.5 Å². The van der Waals surface area contributed by atoms with Crippen LogP contribution in [0.2, 0.25) is 0 Å². The number of nitrogens with one attached hydrogen (secondary N) is 2. The molecule has 0 heterocycles. The molecule has 214 valence electrons. The number of methoxy groups -OCH3 is 1. The van der Waals surface area contributed by atoms with Crippen molar-refractivity contribution in [2.45, 2.75) is 56.5 Å². The van der Waals surface area contributed by atoms with Gasteiger partial charge in [0.25, 0.3) is 11.6 Å². The molecular formula is C24H36N8O7. The molecule has 0 unspecified atom stereocenters. The standard InChI is InChI=1S/C24H36N8O7/c1-39-22(36)24(12-5-13-28-23(26)27,21(35)30-16-8-10-18(11-9-16)32(37)38)31(17-6-3-2-4-7-17)20(34)15-29-19(33)14-25/h8-11,17H,2-7,12-15,25H2,1H3,(H,29,33)(H,30,35)(H4,26,27,28)/t24-/m0/s1. The predicted octanol–water partition coefficient (Wildman–Crippen LogP) is -0.265. The van der Waals surface area contributed by atoms with Gasteiger partial charge in [-0.1, -0.05) is 19.3 Å². The minimum absolute atomic E-state index is 0.0580. The Morgan fingerprint density at radius 1 is 1.15 bits per heavy atom. The molecule has 15 nitrogen and oxygen atoms in total. The molecule has 1 aliphatic carbocycles. The highest BCUT2D eigenvalue weighted by molar-refractivity contribution is 6.15. The molecule has 39 heavy (non-hydrogen) atoms. The first-order valence-electron chi connectivity index (χ1n) is 12.6. The number of non-ortho nitro benzene ring substituents is 1. The van der Waals surface area contributed by atoms with Gasteiger partial charge in [-0.05, 0) is 37.8 Å². The summed E-state index contributed by atoms with van der Waals surface area (Å²) < 4.78 is 5.10. The van der Waals surface area contributed by atoms with Crippen LogP contribution in [0.25, 0.3) is 0 Å². The molecule has 0 aromatic heterocycles. The van der Waals surface area contributed by atoms with Crippen LogP contribution in [-0.4, -0.2) is 77.8 Å². The third-order valence-corrected chi connectivity index (χ3v) is 6.47. The first-order chi connectivity index (χ1) is 18.6. The molecule has 1 aromatic carbocycles. The van der Waals surface area contributed by atoms with Gasteiger partial charge in [0, 0.05) is 30.4 Å². The van der Waals surface area contributed by atoms with E-state index in [0.717, 1.165) is 26.4 Å². The van der Waals surface area contributed by atoms with Crippen LogP contribution < -0.4 is 27.8 Å². The maximum Gasteiger partial charge on any atom is 0.341 e. The van der Waals surface area contributed by atoms with Crippen LogP contribution >= 0.6 is 0 Å². The normalized spacial score (nSPS) is 14.8. The smallest absolute Gasteiger partial charge is 0.341 e. The molecule has 8 N–H and O–H groups in total. The summed E-state index contributed by atoms with van der Waals surface area (Å²) in [7, 11) is 1.10. The van der Waals surface area contributed by atoms with Crippen molar-refractivity contribution < 1.29 is 28.8 Å². The molecule has 1 saturated carbocycles. The fourth-order valence-corrected chi connectivity index (χ4v) is 4.65. The van der Waals surface area contributed by atoms with Crippen LogP contribution in [0.3, 0.4) is 0 Å². The van der Waals surface area contributed by atoms with Gasteiger partial charge in [0.2, 0.25) is 17.4 Å². The van der Waals surface area contributed by atoms with Gasteiger partial charge in [-0.2, -0.15) is 0 Å². The first kappa shape index (κ1) is 31.0. The highest BCUT2D eigenvalue weighted by Crippen LogP contribution is 2.34. The second-order valence-corrected chi connectivity index (χ2v) is 9.06. The van der Waals surface area contributed by atoms with E-state index in [0.29, 0.717) is 12.8 Å². The van der Waals surface area contributed by atoms with Crippen LogP contribution in [0.5, 0.6) is 0 Å². The zero-order valence-electron chi connectivity index (χ0n) is 21.9. The number of benzene rings is 1. The molecule has 3 amide bonds. The minimum Gasteiger partial charge on any atom is -0.467 e. The predicted molar refractivity (Wildman–Crippen MR) is 142 cm³/mol. The fourth-order valence-electron chi connectivity index (χ4n) is 4.65. The number of nitro benzene ring substituents is 1. The van der Waals surface area contributed by atoms with Crippen molar-refractivity contribution in [1.29, 1.82) is 0 Å². The second-order valence-electron chi connectivity index (χ2n) is 9.06. The summed E-state index contributed by atoms with van der Waals surface area (Å²) in [5, 5.41) is 16.1. The average Bonchev–Trinajstić information content (AvgIpc) is 2.93. The summed E-state index contributed by atoms with van der Waals surface area (Å²) in [6.45, 7) is -0.787. The molecule has 1 fully saturated rings. The number of esters is 1. The summed E-state index contributed by atoms with van der Waals surface area (Å²) in [5.41, 5.74) is 14.0. The number of nitrogens with zero attached hydrogens (tertiary/aromatic N) is 3. The van der Waals surface area contributed by atoms with Gasteiger partial charge in [0.05, 0.1) is 25.1 Å².